The minimum Gasteiger partial charge on any atom is -0.316 e. The molecule has 0 aliphatic carbocycles. The van der Waals surface area contributed by atoms with E-state index in [-0.39, 0.29) is 0 Å². The Morgan fingerprint density at radius 2 is 2.00 bits per heavy atom. The van der Waals surface area contributed by atoms with Crippen molar-refractivity contribution in [3.05, 3.63) is 48.0 Å². The van der Waals surface area contributed by atoms with Gasteiger partial charge in [0.1, 0.15) is 0 Å². The van der Waals surface area contributed by atoms with Crippen molar-refractivity contribution < 1.29 is 0 Å². The Morgan fingerprint density at radius 1 is 1.15 bits per heavy atom. The van der Waals surface area contributed by atoms with Gasteiger partial charge in [0.15, 0.2) is 0 Å². The van der Waals surface area contributed by atoms with Crippen molar-refractivity contribution >= 4 is 10.8 Å². The van der Waals surface area contributed by atoms with Crippen molar-refractivity contribution in [1.82, 2.24) is 10.2 Å². The molecule has 2 aromatic rings. The van der Waals surface area contributed by atoms with E-state index in [1.807, 2.05) is 0 Å². The molecule has 0 radical (unpaired) electrons. The van der Waals surface area contributed by atoms with Gasteiger partial charge in [-0.15, -0.1) is 0 Å². The molecule has 1 saturated heterocycles. The third kappa shape index (κ3) is 3.38. The van der Waals surface area contributed by atoms with Gasteiger partial charge in [0, 0.05) is 13.1 Å². The highest BCUT2D eigenvalue weighted by Gasteiger charge is 2.15. The van der Waals surface area contributed by atoms with E-state index in [4.69, 9.17) is 0 Å². The number of likely N-dealkylation sites (N-methyl/N-ethyl adjacent to an activating group) is 1. The van der Waals surface area contributed by atoms with Crippen LogP contribution >= 0.6 is 0 Å². The van der Waals surface area contributed by atoms with Crippen molar-refractivity contribution in [2.45, 2.75) is 12.8 Å². The zero-order valence-electron chi connectivity index (χ0n) is 12.3. The molecular weight excluding hydrogens is 244 g/mol. The van der Waals surface area contributed by atoms with Crippen LogP contribution in [-0.2, 0) is 6.42 Å². The summed E-state index contributed by atoms with van der Waals surface area (Å²) < 4.78 is 0. The summed E-state index contributed by atoms with van der Waals surface area (Å²) in [6.45, 7) is 4.76. The summed E-state index contributed by atoms with van der Waals surface area (Å²) in [6.07, 6.45) is 2.47. The predicted octanol–water partition coefficient (Wildman–Crippen LogP) is 2.92. The lowest BCUT2D eigenvalue weighted by Crippen LogP contribution is -2.28. The van der Waals surface area contributed by atoms with Crippen LogP contribution in [0, 0.1) is 5.92 Å². The minimum absolute atomic E-state index is 0.844. The Hall–Kier alpha value is -1.38. The maximum atomic E-state index is 3.44. The van der Waals surface area contributed by atoms with Crippen molar-refractivity contribution in [3.8, 4) is 0 Å². The molecule has 0 bridgehead atoms. The number of nitrogens with one attached hydrogen (secondary N) is 1. The van der Waals surface area contributed by atoms with E-state index in [1.54, 1.807) is 0 Å². The summed E-state index contributed by atoms with van der Waals surface area (Å²) in [6, 6.07) is 15.4. The summed E-state index contributed by atoms with van der Waals surface area (Å²) >= 11 is 0. The smallest absolute Gasteiger partial charge is 0.00193 e. The molecule has 1 fully saturated rings. The summed E-state index contributed by atoms with van der Waals surface area (Å²) in [7, 11) is 2.25. The first kappa shape index (κ1) is 13.6. The average molecular weight is 268 g/mol. The van der Waals surface area contributed by atoms with E-state index in [2.05, 4.69) is 59.7 Å². The third-order valence-corrected chi connectivity index (χ3v) is 4.33. The van der Waals surface area contributed by atoms with E-state index in [0.29, 0.717) is 0 Å². The Bertz CT molecular complexity index is 558. The topological polar surface area (TPSA) is 15.3 Å². The van der Waals surface area contributed by atoms with Crippen LogP contribution in [0.1, 0.15) is 12.0 Å². The minimum atomic E-state index is 0.844. The Labute approximate surface area is 121 Å². The Kier molecular flexibility index (Phi) is 4.34. The second kappa shape index (κ2) is 6.38. The summed E-state index contributed by atoms with van der Waals surface area (Å²) in [4.78, 5) is 2.48. The first-order valence-corrected chi connectivity index (χ1v) is 7.68. The molecule has 0 aromatic heterocycles. The Balaban J connectivity index is 1.56. The van der Waals surface area contributed by atoms with Crippen LogP contribution in [0.5, 0.6) is 0 Å². The number of benzene rings is 2. The van der Waals surface area contributed by atoms with Gasteiger partial charge in [-0.2, -0.15) is 0 Å². The lowest BCUT2D eigenvalue weighted by molar-refractivity contribution is 0.289. The van der Waals surface area contributed by atoms with Crippen LogP contribution < -0.4 is 5.32 Å². The van der Waals surface area contributed by atoms with Crippen LogP contribution in [0.25, 0.3) is 10.8 Å². The van der Waals surface area contributed by atoms with Crippen LogP contribution in [0.15, 0.2) is 42.5 Å². The maximum Gasteiger partial charge on any atom is 0.00193 e. The number of hydrogen-bond donors (Lipinski definition) is 1. The van der Waals surface area contributed by atoms with Gasteiger partial charge < -0.3 is 10.2 Å². The molecule has 20 heavy (non-hydrogen) atoms. The number of fused-ring (bicyclic) bond motifs is 1. The summed E-state index contributed by atoms with van der Waals surface area (Å²) in [5, 5.41) is 6.13. The van der Waals surface area contributed by atoms with Crippen LogP contribution in [0.4, 0.5) is 0 Å². The van der Waals surface area contributed by atoms with Crippen LogP contribution in [-0.4, -0.2) is 38.1 Å². The summed E-state index contributed by atoms with van der Waals surface area (Å²) in [5.74, 6) is 0.844. The fourth-order valence-electron chi connectivity index (χ4n) is 3.12. The van der Waals surface area contributed by atoms with Gasteiger partial charge >= 0.3 is 0 Å². The molecule has 1 heterocycles. The summed E-state index contributed by atoms with van der Waals surface area (Å²) in [5.41, 5.74) is 1.44. The largest absolute Gasteiger partial charge is 0.316 e. The highest BCUT2D eigenvalue weighted by molar-refractivity contribution is 5.82. The fourth-order valence-corrected chi connectivity index (χ4v) is 3.12. The molecule has 106 valence electrons. The molecule has 1 aliphatic rings. The fraction of sp³-hybridized carbons (Fsp3) is 0.444. The lowest BCUT2D eigenvalue weighted by atomic mass is 10.0. The van der Waals surface area contributed by atoms with Gasteiger partial charge in [-0.05, 0) is 55.2 Å². The van der Waals surface area contributed by atoms with Crippen molar-refractivity contribution in [1.29, 1.82) is 0 Å². The van der Waals surface area contributed by atoms with Crippen molar-refractivity contribution in [2.75, 3.05) is 33.2 Å². The molecule has 0 saturated carbocycles. The van der Waals surface area contributed by atoms with Gasteiger partial charge in [-0.3, -0.25) is 0 Å². The third-order valence-electron chi connectivity index (χ3n) is 4.33. The molecule has 1 atom stereocenters. The lowest BCUT2D eigenvalue weighted by Gasteiger charge is -2.20. The molecule has 0 amide bonds. The number of hydrogen-bond acceptors (Lipinski definition) is 2. The number of nitrogens with zero attached hydrogens (tertiary/aromatic N) is 1. The monoisotopic (exact) mass is 268 g/mol. The van der Waals surface area contributed by atoms with E-state index >= 15 is 0 Å². The Morgan fingerprint density at radius 3 is 2.80 bits per heavy atom. The highest BCUT2D eigenvalue weighted by atomic mass is 15.1. The van der Waals surface area contributed by atoms with Crippen molar-refractivity contribution in [3.63, 3.8) is 0 Å². The van der Waals surface area contributed by atoms with E-state index in [0.717, 1.165) is 18.9 Å². The normalized spacial score (nSPS) is 19.0. The van der Waals surface area contributed by atoms with Gasteiger partial charge in [0.2, 0.25) is 0 Å². The second-order valence-electron chi connectivity index (χ2n) is 6.05. The molecular formula is C18H24N2. The SMILES string of the molecule is CN(CCc1ccc2ccccc2c1)CC1CCNC1. The molecule has 1 N–H and O–H groups in total. The molecule has 2 heteroatoms. The van der Waals surface area contributed by atoms with Crippen LogP contribution in [0.3, 0.4) is 0 Å². The molecule has 2 aromatic carbocycles. The zero-order valence-corrected chi connectivity index (χ0v) is 12.3. The first-order chi connectivity index (χ1) is 9.81. The molecule has 2 nitrogen and oxygen atoms in total. The van der Waals surface area contributed by atoms with Gasteiger partial charge in [-0.25, -0.2) is 0 Å². The van der Waals surface area contributed by atoms with Gasteiger partial charge in [-0.1, -0.05) is 42.5 Å². The standard InChI is InChI=1S/C18H24N2/c1-20(14-16-8-10-19-13-16)11-9-15-6-7-17-4-2-3-5-18(17)12-15/h2-7,12,16,19H,8-11,13-14H2,1H3. The quantitative estimate of drug-likeness (QED) is 0.897. The van der Waals surface area contributed by atoms with Gasteiger partial charge in [0.25, 0.3) is 0 Å². The molecule has 0 spiro atoms. The maximum absolute atomic E-state index is 3.44. The molecule has 1 unspecified atom stereocenters. The highest BCUT2D eigenvalue weighted by Crippen LogP contribution is 2.16. The van der Waals surface area contributed by atoms with E-state index in [9.17, 15) is 0 Å². The average Bonchev–Trinajstić information content (AvgIpc) is 2.98. The first-order valence-electron chi connectivity index (χ1n) is 7.68. The second-order valence-corrected chi connectivity index (χ2v) is 6.05. The zero-order chi connectivity index (χ0) is 13.8. The number of rotatable bonds is 5. The van der Waals surface area contributed by atoms with Crippen molar-refractivity contribution in [2.24, 2.45) is 5.92 Å². The molecule has 3 rings (SSSR count). The van der Waals surface area contributed by atoms with E-state index in [1.165, 1.54) is 42.4 Å². The van der Waals surface area contributed by atoms with Crippen LogP contribution in [0.2, 0.25) is 0 Å². The van der Waals surface area contributed by atoms with E-state index < -0.39 is 0 Å². The predicted molar refractivity (Wildman–Crippen MR) is 86.1 cm³/mol. The van der Waals surface area contributed by atoms with Gasteiger partial charge in [0.05, 0.1) is 0 Å². The molecule has 1 aliphatic heterocycles.